The molecule has 0 spiro atoms. The Morgan fingerprint density at radius 2 is 1.84 bits per heavy atom. The maximum atomic E-state index is 13.4. The van der Waals surface area contributed by atoms with Crippen LogP contribution in [0.3, 0.4) is 0 Å². The summed E-state index contributed by atoms with van der Waals surface area (Å²) in [4.78, 5) is 32.9. The zero-order valence-electron chi connectivity index (χ0n) is 18.5. The third kappa shape index (κ3) is 4.10. The molecule has 2 heterocycles. The molecular weight excluding hydrogens is 388 g/mol. The lowest BCUT2D eigenvalue weighted by Gasteiger charge is -2.34. The van der Waals surface area contributed by atoms with E-state index in [1.165, 1.54) is 0 Å². The van der Waals surface area contributed by atoms with Gasteiger partial charge in [0.25, 0.3) is 5.91 Å². The summed E-state index contributed by atoms with van der Waals surface area (Å²) in [5, 5.41) is 6.29. The molecular formula is C25H28N4O2. The smallest absolute Gasteiger partial charge is 0.255 e. The monoisotopic (exact) mass is 416 g/mol. The number of hydrogen-bond donors (Lipinski definition) is 2. The Morgan fingerprint density at radius 3 is 2.52 bits per heavy atom. The van der Waals surface area contributed by atoms with E-state index < -0.39 is 5.92 Å². The summed E-state index contributed by atoms with van der Waals surface area (Å²) in [6.07, 6.45) is 2.16. The first-order valence-electron chi connectivity index (χ1n) is 10.6. The van der Waals surface area contributed by atoms with Gasteiger partial charge in [-0.25, -0.2) is 4.98 Å². The van der Waals surface area contributed by atoms with Gasteiger partial charge in [0.1, 0.15) is 5.82 Å². The lowest BCUT2D eigenvalue weighted by atomic mass is 9.75. The highest BCUT2D eigenvalue weighted by molar-refractivity contribution is 6.09. The number of aromatic nitrogens is 1. The summed E-state index contributed by atoms with van der Waals surface area (Å²) in [6, 6.07) is 13.6. The van der Waals surface area contributed by atoms with Crippen molar-refractivity contribution >= 4 is 23.2 Å². The van der Waals surface area contributed by atoms with Gasteiger partial charge in [-0.2, -0.15) is 0 Å². The predicted octanol–water partition coefficient (Wildman–Crippen LogP) is 4.06. The molecule has 1 aromatic carbocycles. The second-order valence-corrected chi connectivity index (χ2v) is 8.37. The molecule has 1 amide bonds. The normalized spacial score (nSPS) is 18.5. The number of dihydropyridines is 1. The number of rotatable bonds is 4. The topological polar surface area (TPSA) is 74.3 Å². The van der Waals surface area contributed by atoms with Crippen LogP contribution in [0.25, 0.3) is 0 Å². The molecule has 0 radical (unpaired) electrons. The summed E-state index contributed by atoms with van der Waals surface area (Å²) in [7, 11) is 3.98. The summed E-state index contributed by atoms with van der Waals surface area (Å²) in [5.74, 6) is -0.0246. The van der Waals surface area contributed by atoms with Crippen molar-refractivity contribution in [1.29, 1.82) is 0 Å². The van der Waals surface area contributed by atoms with Gasteiger partial charge in [0, 0.05) is 60.4 Å². The predicted molar refractivity (Wildman–Crippen MR) is 123 cm³/mol. The van der Waals surface area contributed by atoms with Crippen molar-refractivity contribution in [2.24, 2.45) is 0 Å². The fourth-order valence-electron chi connectivity index (χ4n) is 4.38. The molecule has 1 atom stereocenters. The van der Waals surface area contributed by atoms with E-state index in [0.717, 1.165) is 46.8 Å². The van der Waals surface area contributed by atoms with Crippen molar-refractivity contribution in [3.05, 3.63) is 76.3 Å². The Balaban J connectivity index is 1.77. The molecule has 2 N–H and O–H groups in total. The summed E-state index contributed by atoms with van der Waals surface area (Å²) >= 11 is 0. The minimum Gasteiger partial charge on any atom is -0.378 e. The van der Waals surface area contributed by atoms with Crippen LogP contribution in [0.4, 0.5) is 11.5 Å². The SMILES string of the molecule is CC1=C(C(=O)Nc2cccc(C)n2)C(c2ccc(N(C)C)cc2)C2=C(CCCC2=O)N1. The molecule has 6 heteroatoms. The highest BCUT2D eigenvalue weighted by Crippen LogP contribution is 2.42. The Morgan fingerprint density at radius 1 is 1.10 bits per heavy atom. The Hall–Kier alpha value is -3.41. The quantitative estimate of drug-likeness (QED) is 0.786. The number of anilines is 2. The van der Waals surface area contributed by atoms with Crippen LogP contribution >= 0.6 is 0 Å². The maximum absolute atomic E-state index is 13.4. The number of carbonyl (C=O) groups is 2. The molecule has 0 bridgehead atoms. The molecule has 31 heavy (non-hydrogen) atoms. The van der Waals surface area contributed by atoms with E-state index in [9.17, 15) is 9.59 Å². The molecule has 2 aliphatic rings. The third-order valence-corrected chi connectivity index (χ3v) is 5.89. The molecule has 1 aliphatic heterocycles. The number of nitrogens with one attached hydrogen (secondary N) is 2. The molecule has 0 saturated heterocycles. The molecule has 2 aromatic rings. The fraction of sp³-hybridized carbons (Fsp3) is 0.320. The molecule has 4 rings (SSSR count). The molecule has 0 saturated carbocycles. The van der Waals surface area contributed by atoms with Gasteiger partial charge in [-0.1, -0.05) is 18.2 Å². The largest absolute Gasteiger partial charge is 0.378 e. The van der Waals surface area contributed by atoms with E-state index in [0.29, 0.717) is 17.8 Å². The van der Waals surface area contributed by atoms with Gasteiger partial charge in [0.05, 0.1) is 0 Å². The molecule has 6 nitrogen and oxygen atoms in total. The second kappa shape index (κ2) is 8.38. The lowest BCUT2D eigenvalue weighted by molar-refractivity contribution is -0.116. The second-order valence-electron chi connectivity index (χ2n) is 8.37. The summed E-state index contributed by atoms with van der Waals surface area (Å²) in [5.41, 5.74) is 5.84. The number of ketones is 1. The van der Waals surface area contributed by atoms with Crippen LogP contribution in [0.1, 0.15) is 43.4 Å². The lowest BCUT2D eigenvalue weighted by Crippen LogP contribution is -2.35. The van der Waals surface area contributed by atoms with Gasteiger partial charge in [-0.05, 0) is 56.5 Å². The summed E-state index contributed by atoms with van der Waals surface area (Å²) in [6.45, 7) is 3.79. The van der Waals surface area contributed by atoms with Crippen LogP contribution in [-0.4, -0.2) is 30.8 Å². The Bertz CT molecular complexity index is 1100. The Kier molecular flexibility index (Phi) is 5.63. The first kappa shape index (κ1) is 20.8. The van der Waals surface area contributed by atoms with Gasteiger partial charge in [0.2, 0.25) is 0 Å². The number of hydrogen-bond acceptors (Lipinski definition) is 5. The zero-order chi connectivity index (χ0) is 22.1. The van der Waals surface area contributed by atoms with Crippen molar-refractivity contribution in [2.75, 3.05) is 24.3 Å². The van der Waals surface area contributed by atoms with Gasteiger partial charge in [0.15, 0.2) is 5.78 Å². The fourth-order valence-corrected chi connectivity index (χ4v) is 4.38. The van der Waals surface area contributed by atoms with E-state index in [1.54, 1.807) is 6.07 Å². The molecule has 1 aromatic heterocycles. The van der Waals surface area contributed by atoms with E-state index in [4.69, 9.17) is 0 Å². The van der Waals surface area contributed by atoms with E-state index in [2.05, 4.69) is 15.6 Å². The van der Waals surface area contributed by atoms with Crippen molar-refractivity contribution < 1.29 is 9.59 Å². The van der Waals surface area contributed by atoms with Gasteiger partial charge >= 0.3 is 0 Å². The average Bonchev–Trinajstić information content (AvgIpc) is 2.73. The standard InChI is InChI=1S/C25H28N4O2/c1-15-7-5-10-21(26-15)28-25(31)22-16(2)27-19-8-6-9-20(30)24(19)23(22)17-11-13-18(14-12-17)29(3)4/h5,7,10-14,23,27H,6,8-9H2,1-4H3,(H,26,28,31). The zero-order valence-corrected chi connectivity index (χ0v) is 18.5. The van der Waals surface area contributed by atoms with Crippen molar-refractivity contribution in [3.8, 4) is 0 Å². The number of Topliss-reactive ketones (excluding diaryl/α,β-unsaturated/α-hetero) is 1. The molecule has 1 aliphatic carbocycles. The van der Waals surface area contributed by atoms with Crippen LogP contribution in [-0.2, 0) is 9.59 Å². The number of pyridine rings is 1. The molecule has 1 unspecified atom stereocenters. The first-order valence-corrected chi connectivity index (χ1v) is 10.6. The van der Waals surface area contributed by atoms with Crippen LogP contribution in [0, 0.1) is 6.92 Å². The minimum absolute atomic E-state index is 0.113. The van der Waals surface area contributed by atoms with Crippen LogP contribution < -0.4 is 15.5 Å². The van der Waals surface area contributed by atoms with E-state index in [-0.39, 0.29) is 11.7 Å². The highest BCUT2D eigenvalue weighted by atomic mass is 16.2. The van der Waals surface area contributed by atoms with Crippen molar-refractivity contribution in [3.63, 3.8) is 0 Å². The van der Waals surface area contributed by atoms with Gasteiger partial charge in [-0.3, -0.25) is 9.59 Å². The number of amides is 1. The molecule has 160 valence electrons. The average molecular weight is 417 g/mol. The number of benzene rings is 1. The first-order chi connectivity index (χ1) is 14.8. The Labute approximate surface area is 183 Å². The number of carbonyl (C=O) groups excluding carboxylic acids is 2. The third-order valence-electron chi connectivity index (χ3n) is 5.89. The van der Waals surface area contributed by atoms with Crippen LogP contribution in [0.5, 0.6) is 0 Å². The van der Waals surface area contributed by atoms with Gasteiger partial charge in [-0.15, -0.1) is 0 Å². The number of nitrogens with zero attached hydrogens (tertiary/aromatic N) is 2. The minimum atomic E-state index is -0.398. The number of allylic oxidation sites excluding steroid dienone is 3. The van der Waals surface area contributed by atoms with E-state index in [1.807, 2.05) is 69.2 Å². The van der Waals surface area contributed by atoms with E-state index >= 15 is 0 Å². The van der Waals surface area contributed by atoms with Crippen molar-refractivity contribution in [2.45, 2.75) is 39.0 Å². The van der Waals surface area contributed by atoms with Crippen molar-refractivity contribution in [1.82, 2.24) is 10.3 Å². The number of aryl methyl sites for hydroxylation is 1. The van der Waals surface area contributed by atoms with Gasteiger partial charge < -0.3 is 15.5 Å². The summed E-state index contributed by atoms with van der Waals surface area (Å²) < 4.78 is 0. The van der Waals surface area contributed by atoms with Crippen LogP contribution in [0.15, 0.2) is 65.0 Å². The van der Waals surface area contributed by atoms with Crippen LogP contribution in [0.2, 0.25) is 0 Å². The highest BCUT2D eigenvalue weighted by Gasteiger charge is 2.38. The molecule has 0 fully saturated rings. The maximum Gasteiger partial charge on any atom is 0.255 e.